The number of rotatable bonds is 3. The molecule has 0 aliphatic carbocycles. The van der Waals surface area contributed by atoms with Crippen molar-refractivity contribution in [2.24, 2.45) is 0 Å². The minimum atomic E-state index is -0.111. The molecule has 0 fully saturated rings. The number of nitrogens with zero attached hydrogens (tertiary/aromatic N) is 2. The predicted octanol–water partition coefficient (Wildman–Crippen LogP) is 2.74. The number of carbonyl (C=O) groups is 1. The van der Waals surface area contributed by atoms with Gasteiger partial charge in [-0.15, -0.1) is 0 Å². The van der Waals surface area contributed by atoms with Crippen molar-refractivity contribution in [1.29, 1.82) is 5.26 Å². The maximum atomic E-state index is 12.1. The average molecular weight is 281 g/mol. The third-order valence-electron chi connectivity index (χ3n) is 2.35. The van der Waals surface area contributed by atoms with Crippen molar-refractivity contribution in [2.75, 3.05) is 13.1 Å². The molecule has 0 spiro atoms. The monoisotopic (exact) mass is 280 g/mol. The van der Waals surface area contributed by atoms with Gasteiger partial charge >= 0.3 is 0 Å². The Bertz CT molecular complexity index is 437. The SMILES string of the molecule is CCN(CC#N)C(=O)c1cccc(C)c1Br. The fourth-order valence-corrected chi connectivity index (χ4v) is 1.83. The van der Waals surface area contributed by atoms with E-state index in [0.717, 1.165) is 10.0 Å². The van der Waals surface area contributed by atoms with Gasteiger partial charge in [0.15, 0.2) is 0 Å². The van der Waals surface area contributed by atoms with E-state index in [2.05, 4.69) is 15.9 Å². The van der Waals surface area contributed by atoms with E-state index in [0.29, 0.717) is 12.1 Å². The lowest BCUT2D eigenvalue weighted by Crippen LogP contribution is -2.31. The van der Waals surface area contributed by atoms with E-state index in [4.69, 9.17) is 5.26 Å². The van der Waals surface area contributed by atoms with Crippen LogP contribution >= 0.6 is 15.9 Å². The van der Waals surface area contributed by atoms with Crippen LogP contribution in [0.3, 0.4) is 0 Å². The van der Waals surface area contributed by atoms with Crippen LogP contribution in [0, 0.1) is 18.3 Å². The Kier molecular flexibility index (Phi) is 4.51. The van der Waals surface area contributed by atoms with Crippen molar-refractivity contribution in [1.82, 2.24) is 4.90 Å². The molecule has 16 heavy (non-hydrogen) atoms. The second kappa shape index (κ2) is 5.66. The van der Waals surface area contributed by atoms with Crippen molar-refractivity contribution < 1.29 is 4.79 Å². The van der Waals surface area contributed by atoms with Gasteiger partial charge < -0.3 is 4.90 Å². The highest BCUT2D eigenvalue weighted by Gasteiger charge is 2.16. The molecule has 0 saturated heterocycles. The number of benzene rings is 1. The van der Waals surface area contributed by atoms with Crippen LogP contribution in [0.25, 0.3) is 0 Å². The summed E-state index contributed by atoms with van der Waals surface area (Å²) in [7, 11) is 0. The molecule has 0 N–H and O–H groups in total. The number of nitriles is 1. The molecule has 0 unspecified atom stereocenters. The summed E-state index contributed by atoms with van der Waals surface area (Å²) >= 11 is 3.40. The second-order valence-corrected chi connectivity index (χ2v) is 4.21. The van der Waals surface area contributed by atoms with E-state index in [1.165, 1.54) is 4.90 Å². The quantitative estimate of drug-likeness (QED) is 0.799. The van der Waals surface area contributed by atoms with Crippen LogP contribution < -0.4 is 0 Å². The van der Waals surface area contributed by atoms with Gasteiger partial charge in [0.1, 0.15) is 6.54 Å². The van der Waals surface area contributed by atoms with Gasteiger partial charge in [-0.1, -0.05) is 12.1 Å². The van der Waals surface area contributed by atoms with Crippen LogP contribution in [0.5, 0.6) is 0 Å². The first-order valence-corrected chi connectivity index (χ1v) is 5.82. The number of amides is 1. The Balaban J connectivity index is 3.05. The fourth-order valence-electron chi connectivity index (χ4n) is 1.40. The molecule has 0 aliphatic heterocycles. The standard InChI is InChI=1S/C12H13BrN2O/c1-3-15(8-7-14)12(16)10-6-4-5-9(2)11(10)13/h4-6H,3,8H2,1-2H3. The van der Waals surface area contributed by atoms with Crippen LogP contribution in [0.15, 0.2) is 22.7 Å². The molecular weight excluding hydrogens is 268 g/mol. The second-order valence-electron chi connectivity index (χ2n) is 3.41. The number of aryl methyl sites for hydroxylation is 1. The number of hydrogen-bond acceptors (Lipinski definition) is 2. The summed E-state index contributed by atoms with van der Waals surface area (Å²) in [4.78, 5) is 13.6. The van der Waals surface area contributed by atoms with E-state index in [9.17, 15) is 4.79 Å². The topological polar surface area (TPSA) is 44.1 Å². The maximum absolute atomic E-state index is 12.1. The van der Waals surface area contributed by atoms with Crippen molar-refractivity contribution >= 4 is 21.8 Å². The first-order chi connectivity index (χ1) is 7.61. The third-order valence-corrected chi connectivity index (χ3v) is 3.41. The molecule has 0 radical (unpaired) electrons. The minimum Gasteiger partial charge on any atom is -0.326 e. The summed E-state index contributed by atoms with van der Waals surface area (Å²) in [5, 5.41) is 8.63. The largest absolute Gasteiger partial charge is 0.326 e. The van der Waals surface area contributed by atoms with Crippen LogP contribution in [-0.2, 0) is 0 Å². The van der Waals surface area contributed by atoms with Gasteiger partial charge in [-0.3, -0.25) is 4.79 Å². The highest BCUT2D eigenvalue weighted by molar-refractivity contribution is 9.10. The van der Waals surface area contributed by atoms with E-state index in [-0.39, 0.29) is 12.5 Å². The van der Waals surface area contributed by atoms with Crippen molar-refractivity contribution in [2.45, 2.75) is 13.8 Å². The van der Waals surface area contributed by atoms with Gasteiger partial charge in [-0.2, -0.15) is 5.26 Å². The Labute approximate surface area is 104 Å². The number of carbonyl (C=O) groups excluding carboxylic acids is 1. The number of halogens is 1. The van der Waals surface area contributed by atoms with E-state index in [1.807, 2.05) is 32.0 Å². The highest BCUT2D eigenvalue weighted by atomic mass is 79.9. The summed E-state index contributed by atoms with van der Waals surface area (Å²) in [5.74, 6) is -0.111. The molecule has 0 aromatic heterocycles. The Morgan fingerprint density at radius 1 is 1.56 bits per heavy atom. The molecule has 1 aromatic rings. The molecule has 0 bridgehead atoms. The zero-order chi connectivity index (χ0) is 12.1. The lowest BCUT2D eigenvalue weighted by Gasteiger charge is -2.18. The normalized spacial score (nSPS) is 9.62. The van der Waals surface area contributed by atoms with Crippen molar-refractivity contribution in [3.8, 4) is 6.07 Å². The molecule has 0 aliphatic rings. The molecule has 4 heteroatoms. The zero-order valence-corrected chi connectivity index (χ0v) is 10.9. The molecule has 1 amide bonds. The Hall–Kier alpha value is -1.34. The molecule has 84 valence electrons. The van der Waals surface area contributed by atoms with Crippen LogP contribution in [0.4, 0.5) is 0 Å². The summed E-state index contributed by atoms with van der Waals surface area (Å²) in [6, 6.07) is 7.53. The molecule has 0 heterocycles. The summed E-state index contributed by atoms with van der Waals surface area (Å²) in [6.45, 7) is 4.45. The zero-order valence-electron chi connectivity index (χ0n) is 9.33. The van der Waals surface area contributed by atoms with Gasteiger partial charge in [0, 0.05) is 11.0 Å². The molecule has 0 atom stereocenters. The van der Waals surface area contributed by atoms with Crippen LogP contribution in [-0.4, -0.2) is 23.9 Å². The Morgan fingerprint density at radius 3 is 2.81 bits per heavy atom. The Morgan fingerprint density at radius 2 is 2.25 bits per heavy atom. The summed E-state index contributed by atoms with van der Waals surface area (Å²) in [5.41, 5.74) is 1.62. The predicted molar refractivity (Wildman–Crippen MR) is 66.1 cm³/mol. The molecule has 3 nitrogen and oxygen atoms in total. The van der Waals surface area contributed by atoms with Gasteiger partial charge in [0.2, 0.25) is 0 Å². The summed E-state index contributed by atoms with van der Waals surface area (Å²) in [6.07, 6.45) is 0. The van der Waals surface area contributed by atoms with Crippen LogP contribution in [0.1, 0.15) is 22.8 Å². The van der Waals surface area contributed by atoms with Crippen molar-refractivity contribution in [3.05, 3.63) is 33.8 Å². The van der Waals surface area contributed by atoms with E-state index < -0.39 is 0 Å². The molecule has 1 rings (SSSR count). The minimum absolute atomic E-state index is 0.111. The van der Waals surface area contributed by atoms with Crippen LogP contribution in [0.2, 0.25) is 0 Å². The molecular formula is C12H13BrN2O. The average Bonchev–Trinajstić information content (AvgIpc) is 2.29. The summed E-state index contributed by atoms with van der Waals surface area (Å²) < 4.78 is 0.802. The third kappa shape index (κ3) is 2.61. The van der Waals surface area contributed by atoms with E-state index >= 15 is 0 Å². The first kappa shape index (κ1) is 12.7. The van der Waals surface area contributed by atoms with Gasteiger partial charge in [0.05, 0.1) is 11.6 Å². The lowest BCUT2D eigenvalue weighted by atomic mass is 10.1. The number of hydrogen-bond donors (Lipinski definition) is 0. The molecule has 1 aromatic carbocycles. The molecule has 0 saturated carbocycles. The highest BCUT2D eigenvalue weighted by Crippen LogP contribution is 2.22. The van der Waals surface area contributed by atoms with Gasteiger partial charge in [-0.05, 0) is 41.4 Å². The first-order valence-electron chi connectivity index (χ1n) is 5.03. The fraction of sp³-hybridized carbons (Fsp3) is 0.333. The maximum Gasteiger partial charge on any atom is 0.255 e. The smallest absolute Gasteiger partial charge is 0.255 e. The van der Waals surface area contributed by atoms with Crippen molar-refractivity contribution in [3.63, 3.8) is 0 Å². The van der Waals surface area contributed by atoms with Gasteiger partial charge in [0.25, 0.3) is 5.91 Å². The van der Waals surface area contributed by atoms with E-state index in [1.54, 1.807) is 6.07 Å². The van der Waals surface area contributed by atoms with Gasteiger partial charge in [-0.25, -0.2) is 0 Å². The lowest BCUT2D eigenvalue weighted by molar-refractivity contribution is 0.0783.